The summed E-state index contributed by atoms with van der Waals surface area (Å²) in [7, 11) is 0. The number of benzene rings is 1. The van der Waals surface area contributed by atoms with Crippen LogP contribution >= 0.6 is 0 Å². The average molecular weight is 375 g/mol. The van der Waals surface area contributed by atoms with E-state index in [-0.39, 0.29) is 0 Å². The third-order valence-corrected chi connectivity index (χ3v) is 2.90. The molecular weight excluding hydrogens is 369 g/mol. The van der Waals surface area contributed by atoms with Crippen LogP contribution in [-0.4, -0.2) is 11.3 Å². The van der Waals surface area contributed by atoms with Gasteiger partial charge < -0.3 is 4.74 Å². The molecule has 1 aromatic carbocycles. The maximum Gasteiger partial charge on any atom is 0.573 e. The van der Waals surface area contributed by atoms with Crippen molar-refractivity contribution in [2.75, 3.05) is 0 Å². The number of rotatable bonds is 2. The first-order valence-electron chi connectivity index (χ1n) is 6.28. The second-order valence-electron chi connectivity index (χ2n) is 4.65. The van der Waals surface area contributed by atoms with Crippen molar-refractivity contribution in [3.8, 4) is 16.9 Å². The van der Waals surface area contributed by atoms with Gasteiger partial charge >= 0.3 is 18.7 Å². The number of alkyl halides is 9. The lowest BCUT2D eigenvalue weighted by Crippen LogP contribution is -2.17. The molecule has 0 aliphatic heterocycles. The van der Waals surface area contributed by atoms with Crippen LogP contribution in [-0.2, 0) is 12.4 Å². The Morgan fingerprint density at radius 3 is 1.72 bits per heavy atom. The molecule has 0 saturated heterocycles. The fraction of sp³-hybridized carbons (Fsp3) is 0.214. The van der Waals surface area contributed by atoms with Crippen LogP contribution in [0.5, 0.6) is 5.75 Å². The van der Waals surface area contributed by atoms with Gasteiger partial charge in [0.05, 0.1) is 5.56 Å². The average Bonchev–Trinajstić information content (AvgIpc) is 2.44. The molecule has 0 spiro atoms. The van der Waals surface area contributed by atoms with E-state index in [4.69, 9.17) is 0 Å². The molecule has 0 atom stereocenters. The summed E-state index contributed by atoms with van der Waals surface area (Å²) in [5.74, 6) is -0.790. The predicted molar refractivity (Wildman–Crippen MR) is 66.4 cm³/mol. The molecule has 136 valence electrons. The zero-order chi connectivity index (χ0) is 19.0. The Bertz CT molecular complexity index is 713. The van der Waals surface area contributed by atoms with Crippen molar-refractivity contribution in [1.82, 2.24) is 4.98 Å². The zero-order valence-electron chi connectivity index (χ0n) is 11.7. The summed E-state index contributed by atoms with van der Waals surface area (Å²) >= 11 is 0. The minimum Gasteiger partial charge on any atom is -0.406 e. The predicted octanol–water partition coefficient (Wildman–Crippen LogP) is 5.68. The Kier molecular flexibility index (Phi) is 4.62. The van der Waals surface area contributed by atoms with Crippen LogP contribution in [0.3, 0.4) is 0 Å². The molecule has 11 heteroatoms. The Morgan fingerprint density at radius 2 is 1.28 bits per heavy atom. The van der Waals surface area contributed by atoms with Crippen molar-refractivity contribution in [3.05, 3.63) is 47.8 Å². The highest BCUT2D eigenvalue weighted by Crippen LogP contribution is 2.43. The molecule has 0 N–H and O–H groups in total. The molecule has 1 heterocycles. The molecule has 0 amide bonds. The molecule has 0 bridgehead atoms. The third-order valence-electron chi connectivity index (χ3n) is 2.90. The molecule has 1 aromatic heterocycles. The van der Waals surface area contributed by atoms with Gasteiger partial charge in [-0.2, -0.15) is 26.3 Å². The van der Waals surface area contributed by atoms with Crippen LogP contribution in [0, 0.1) is 0 Å². The summed E-state index contributed by atoms with van der Waals surface area (Å²) in [5.41, 5.74) is -5.30. The van der Waals surface area contributed by atoms with Crippen molar-refractivity contribution in [3.63, 3.8) is 0 Å². The zero-order valence-corrected chi connectivity index (χ0v) is 11.7. The molecule has 0 radical (unpaired) electrons. The van der Waals surface area contributed by atoms with Crippen LogP contribution in [0.15, 0.2) is 36.5 Å². The first kappa shape index (κ1) is 18.9. The maximum absolute atomic E-state index is 13.0. The first-order valence-corrected chi connectivity index (χ1v) is 6.28. The topological polar surface area (TPSA) is 22.1 Å². The van der Waals surface area contributed by atoms with E-state index in [1.165, 1.54) is 0 Å². The molecular formula is C14H6F9NO. The molecule has 0 unspecified atom stereocenters. The molecule has 0 aliphatic carbocycles. The van der Waals surface area contributed by atoms with Gasteiger partial charge in [0.25, 0.3) is 0 Å². The van der Waals surface area contributed by atoms with E-state index in [0.717, 1.165) is 0 Å². The lowest BCUT2D eigenvalue weighted by Gasteiger charge is -2.18. The lowest BCUT2D eigenvalue weighted by atomic mass is 9.97. The number of ether oxygens (including phenoxy) is 1. The Labute approximate surface area is 133 Å². The largest absolute Gasteiger partial charge is 0.573 e. The van der Waals surface area contributed by atoms with E-state index in [0.29, 0.717) is 36.5 Å². The number of hydrogen-bond acceptors (Lipinski definition) is 2. The van der Waals surface area contributed by atoms with Crippen molar-refractivity contribution in [2.24, 2.45) is 0 Å². The van der Waals surface area contributed by atoms with E-state index in [9.17, 15) is 39.5 Å². The van der Waals surface area contributed by atoms with Gasteiger partial charge in [-0.25, -0.2) is 0 Å². The van der Waals surface area contributed by atoms with Crippen LogP contribution in [0.2, 0.25) is 0 Å². The SMILES string of the molecule is FC(F)(F)Oc1ccc(-c2c(C(F)(F)F)ccnc2C(F)(F)F)cc1. The van der Waals surface area contributed by atoms with E-state index in [2.05, 4.69) is 9.72 Å². The summed E-state index contributed by atoms with van der Waals surface area (Å²) in [6.45, 7) is 0. The van der Waals surface area contributed by atoms with Gasteiger partial charge in [-0.3, -0.25) is 4.98 Å². The highest BCUT2D eigenvalue weighted by atomic mass is 19.4. The van der Waals surface area contributed by atoms with Gasteiger partial charge in [-0.15, -0.1) is 13.2 Å². The maximum atomic E-state index is 13.0. The van der Waals surface area contributed by atoms with Crippen LogP contribution in [0.4, 0.5) is 39.5 Å². The standard InChI is InChI=1S/C14H6F9NO/c15-12(16,17)9-5-6-24-11(13(18,19)20)10(9)7-1-3-8(4-2-7)25-14(21,22)23/h1-6H. The summed E-state index contributed by atoms with van der Waals surface area (Å²) in [4.78, 5) is 2.95. The monoisotopic (exact) mass is 375 g/mol. The van der Waals surface area contributed by atoms with Crippen molar-refractivity contribution >= 4 is 0 Å². The summed E-state index contributed by atoms with van der Waals surface area (Å²) in [6, 6.07) is 2.88. The quantitative estimate of drug-likeness (QED) is 0.630. The fourth-order valence-corrected chi connectivity index (χ4v) is 2.03. The lowest BCUT2D eigenvalue weighted by molar-refractivity contribution is -0.274. The molecule has 2 nitrogen and oxygen atoms in total. The van der Waals surface area contributed by atoms with E-state index in [1.54, 1.807) is 0 Å². The molecule has 25 heavy (non-hydrogen) atoms. The summed E-state index contributed by atoms with van der Waals surface area (Å²) < 4.78 is 118. The molecule has 0 fully saturated rings. The van der Waals surface area contributed by atoms with Gasteiger partial charge in [0.2, 0.25) is 0 Å². The van der Waals surface area contributed by atoms with E-state index < -0.39 is 46.8 Å². The smallest absolute Gasteiger partial charge is 0.406 e. The minimum absolute atomic E-state index is 0.352. The number of aromatic nitrogens is 1. The van der Waals surface area contributed by atoms with Gasteiger partial charge in [-0.1, -0.05) is 12.1 Å². The summed E-state index contributed by atoms with van der Waals surface area (Å²) in [6.07, 6.45) is -15.0. The van der Waals surface area contributed by atoms with Gasteiger partial charge in [0.15, 0.2) is 5.69 Å². The molecule has 0 aliphatic rings. The number of hydrogen-bond donors (Lipinski definition) is 0. The van der Waals surface area contributed by atoms with E-state index in [1.807, 2.05) is 0 Å². The highest BCUT2D eigenvalue weighted by molar-refractivity contribution is 5.71. The normalized spacial score (nSPS) is 13.0. The van der Waals surface area contributed by atoms with Crippen LogP contribution in [0.25, 0.3) is 11.1 Å². The first-order chi connectivity index (χ1) is 11.3. The van der Waals surface area contributed by atoms with Gasteiger partial charge in [-0.05, 0) is 23.8 Å². The minimum atomic E-state index is -5.20. The van der Waals surface area contributed by atoms with Crippen LogP contribution < -0.4 is 4.74 Å². The molecule has 2 rings (SSSR count). The fourth-order valence-electron chi connectivity index (χ4n) is 2.03. The Hall–Kier alpha value is -2.46. The summed E-state index contributed by atoms with van der Waals surface area (Å²) in [5, 5.41) is 0. The third kappa shape index (κ3) is 4.54. The number of nitrogens with zero attached hydrogens (tertiary/aromatic N) is 1. The van der Waals surface area contributed by atoms with Crippen LogP contribution in [0.1, 0.15) is 11.3 Å². The number of halogens is 9. The molecule has 2 aromatic rings. The van der Waals surface area contributed by atoms with Crippen molar-refractivity contribution < 1.29 is 44.3 Å². The van der Waals surface area contributed by atoms with Gasteiger partial charge in [0.1, 0.15) is 5.75 Å². The number of pyridine rings is 1. The van der Waals surface area contributed by atoms with E-state index >= 15 is 0 Å². The second-order valence-corrected chi connectivity index (χ2v) is 4.65. The Morgan fingerprint density at radius 1 is 0.720 bits per heavy atom. The highest BCUT2D eigenvalue weighted by Gasteiger charge is 2.42. The molecule has 0 saturated carbocycles. The van der Waals surface area contributed by atoms with Crippen molar-refractivity contribution in [1.29, 1.82) is 0 Å². The van der Waals surface area contributed by atoms with Gasteiger partial charge in [0, 0.05) is 11.8 Å². The Balaban J connectivity index is 2.61. The second kappa shape index (κ2) is 6.12. The van der Waals surface area contributed by atoms with Crippen molar-refractivity contribution in [2.45, 2.75) is 18.7 Å².